The molecule has 1 heterocycles. The maximum absolute atomic E-state index is 15.0. The van der Waals surface area contributed by atoms with Gasteiger partial charge in [-0.25, -0.2) is 9.18 Å². The van der Waals surface area contributed by atoms with E-state index in [0.29, 0.717) is 37.0 Å². The van der Waals surface area contributed by atoms with Crippen molar-refractivity contribution in [3.8, 4) is 5.75 Å². The fourth-order valence-electron chi connectivity index (χ4n) is 5.54. The number of piperidine rings is 1. The summed E-state index contributed by atoms with van der Waals surface area (Å²) < 4.78 is 63.3. The second-order valence-electron chi connectivity index (χ2n) is 11.2. The van der Waals surface area contributed by atoms with E-state index in [4.69, 9.17) is 27.9 Å². The first-order valence-electron chi connectivity index (χ1n) is 13.7. The van der Waals surface area contributed by atoms with Gasteiger partial charge >= 0.3 is 12.1 Å². The normalized spacial score (nSPS) is 20.0. The molecule has 1 aliphatic heterocycles. The maximum Gasteiger partial charge on any atom is 0.408 e. The number of aliphatic carboxylic acids is 1. The number of nitrogens with zero attached hydrogens (tertiary/aromatic N) is 1. The minimum absolute atomic E-state index is 0.00909. The number of likely N-dealkylation sites (tertiary alicyclic amines) is 1. The lowest BCUT2D eigenvalue weighted by molar-refractivity contribution is -0.190. The highest BCUT2D eigenvalue weighted by Crippen LogP contribution is 2.46. The summed E-state index contributed by atoms with van der Waals surface area (Å²) in [5.74, 6) is -2.51. The first-order chi connectivity index (χ1) is 19.4. The van der Waals surface area contributed by atoms with Crippen molar-refractivity contribution in [1.82, 2.24) is 10.2 Å². The first-order valence-corrected chi connectivity index (χ1v) is 14.4. The highest BCUT2D eigenvalue weighted by molar-refractivity contribution is 6.34. The summed E-state index contributed by atoms with van der Waals surface area (Å²) in [5, 5.41) is 12.1. The molecular formula is C29H30Cl2F4N2O4. The van der Waals surface area contributed by atoms with Gasteiger partial charge in [-0.2, -0.15) is 13.2 Å². The van der Waals surface area contributed by atoms with E-state index in [9.17, 15) is 27.9 Å². The third-order valence-electron chi connectivity index (χ3n) is 8.01. The standard InChI is InChI=1S/C29H30Cl2F4N2O4/c30-19-9-18(10-20(31)11-19)26(29(33,34)35)37-7-5-15(6-8-37)14-41-24-13-23(32)22(12-21(24)16-1-2-16)27(38)36-25(28(39)40)17-3-4-17/h9-13,15-17,25-26H,1-8,14H2,(H,36,38)(H,39,40)/t25-,26?/m0/s1. The number of carboxylic acid groups (broad SMARTS) is 1. The van der Waals surface area contributed by atoms with E-state index >= 15 is 4.39 Å². The Kier molecular flexibility index (Phi) is 8.74. The molecule has 3 aliphatic rings. The zero-order chi connectivity index (χ0) is 29.5. The van der Waals surface area contributed by atoms with Crippen molar-refractivity contribution < 1.29 is 37.0 Å². The summed E-state index contributed by atoms with van der Waals surface area (Å²) in [6.07, 6.45) is -0.525. The van der Waals surface area contributed by atoms with Crippen LogP contribution in [0.3, 0.4) is 0 Å². The van der Waals surface area contributed by atoms with Crippen LogP contribution in [0, 0.1) is 17.7 Å². The topological polar surface area (TPSA) is 78.9 Å². The third-order valence-corrected chi connectivity index (χ3v) is 8.44. The van der Waals surface area contributed by atoms with Crippen molar-refractivity contribution in [2.75, 3.05) is 19.7 Å². The Bertz CT molecular complexity index is 1290. The van der Waals surface area contributed by atoms with Gasteiger partial charge < -0.3 is 15.2 Å². The van der Waals surface area contributed by atoms with Crippen molar-refractivity contribution in [1.29, 1.82) is 0 Å². The Morgan fingerprint density at radius 3 is 2.17 bits per heavy atom. The molecule has 1 amide bonds. The molecule has 12 heteroatoms. The number of amides is 1. The number of carboxylic acids is 1. The monoisotopic (exact) mass is 616 g/mol. The second-order valence-corrected chi connectivity index (χ2v) is 12.1. The first kappa shape index (κ1) is 29.9. The van der Waals surface area contributed by atoms with E-state index in [1.165, 1.54) is 29.2 Å². The van der Waals surface area contributed by atoms with Crippen LogP contribution >= 0.6 is 23.2 Å². The number of hydrogen-bond donors (Lipinski definition) is 2. The maximum atomic E-state index is 15.0. The van der Waals surface area contributed by atoms with Crippen molar-refractivity contribution in [3.63, 3.8) is 0 Å². The molecular weight excluding hydrogens is 587 g/mol. The number of carbonyl (C=O) groups excluding carboxylic acids is 1. The van der Waals surface area contributed by atoms with Gasteiger partial charge in [0.15, 0.2) is 0 Å². The molecule has 41 heavy (non-hydrogen) atoms. The van der Waals surface area contributed by atoms with Crippen LogP contribution in [0.2, 0.25) is 10.0 Å². The summed E-state index contributed by atoms with van der Waals surface area (Å²) in [6.45, 7) is 0.551. The number of ether oxygens (including phenoxy) is 1. The van der Waals surface area contributed by atoms with Crippen molar-refractivity contribution in [2.45, 2.75) is 62.7 Å². The average Bonchev–Trinajstić information content (AvgIpc) is 3.79. The van der Waals surface area contributed by atoms with Crippen LogP contribution in [0.25, 0.3) is 0 Å². The third kappa shape index (κ3) is 7.27. The fourth-order valence-corrected chi connectivity index (χ4v) is 6.08. The molecule has 0 radical (unpaired) electrons. The second kappa shape index (κ2) is 12.0. The number of alkyl halides is 3. The van der Waals surface area contributed by atoms with E-state index in [2.05, 4.69) is 5.32 Å². The van der Waals surface area contributed by atoms with Gasteiger partial charge in [-0.15, -0.1) is 0 Å². The van der Waals surface area contributed by atoms with Gasteiger partial charge in [0.25, 0.3) is 5.91 Å². The van der Waals surface area contributed by atoms with E-state index in [-0.39, 0.29) is 58.6 Å². The minimum Gasteiger partial charge on any atom is -0.493 e. The Morgan fingerprint density at radius 1 is 1.00 bits per heavy atom. The molecule has 0 bridgehead atoms. The highest BCUT2D eigenvalue weighted by Gasteiger charge is 2.46. The highest BCUT2D eigenvalue weighted by atomic mass is 35.5. The van der Waals surface area contributed by atoms with Gasteiger partial charge in [0.2, 0.25) is 0 Å². The largest absolute Gasteiger partial charge is 0.493 e. The number of hydrogen-bond acceptors (Lipinski definition) is 4. The van der Waals surface area contributed by atoms with Gasteiger partial charge in [0.05, 0.1) is 12.2 Å². The van der Waals surface area contributed by atoms with Gasteiger partial charge in [-0.05, 0) is 105 Å². The number of carbonyl (C=O) groups is 2. The van der Waals surface area contributed by atoms with E-state index in [0.717, 1.165) is 18.9 Å². The number of halogens is 6. The lowest BCUT2D eigenvalue weighted by atomic mass is 9.94. The van der Waals surface area contributed by atoms with Crippen LogP contribution < -0.4 is 10.1 Å². The Labute approximate surface area is 244 Å². The molecule has 222 valence electrons. The van der Waals surface area contributed by atoms with E-state index in [1.54, 1.807) is 0 Å². The van der Waals surface area contributed by atoms with Crippen LogP contribution in [0.5, 0.6) is 5.75 Å². The van der Waals surface area contributed by atoms with Crippen LogP contribution in [-0.4, -0.2) is 53.8 Å². The minimum atomic E-state index is -4.52. The fraction of sp³-hybridized carbons (Fsp3) is 0.517. The van der Waals surface area contributed by atoms with Crippen molar-refractivity contribution in [3.05, 3.63) is 62.9 Å². The number of benzene rings is 2. The Balaban J connectivity index is 1.23. The lowest BCUT2D eigenvalue weighted by Gasteiger charge is -2.38. The van der Waals surface area contributed by atoms with Gasteiger partial charge in [-0.1, -0.05) is 23.2 Å². The molecule has 3 fully saturated rings. The predicted octanol–water partition coefficient (Wildman–Crippen LogP) is 7.00. The summed E-state index contributed by atoms with van der Waals surface area (Å²) in [5.41, 5.74) is 0.450. The predicted molar refractivity (Wildman–Crippen MR) is 145 cm³/mol. The summed E-state index contributed by atoms with van der Waals surface area (Å²) >= 11 is 11.9. The zero-order valence-electron chi connectivity index (χ0n) is 22.0. The Hall–Kier alpha value is -2.56. The number of nitrogens with one attached hydrogen (secondary N) is 1. The van der Waals surface area contributed by atoms with E-state index in [1.807, 2.05) is 0 Å². The van der Waals surface area contributed by atoms with Gasteiger partial charge in [-0.3, -0.25) is 9.69 Å². The summed E-state index contributed by atoms with van der Waals surface area (Å²) in [4.78, 5) is 25.6. The molecule has 0 aromatic heterocycles. The smallest absolute Gasteiger partial charge is 0.408 e. The molecule has 1 unspecified atom stereocenters. The molecule has 1 saturated heterocycles. The van der Waals surface area contributed by atoms with Crippen molar-refractivity contribution in [2.24, 2.45) is 11.8 Å². The SMILES string of the molecule is O=C(N[C@H](C(=O)O)C1CC1)c1cc(C2CC2)c(OCC2CCN(C(c3cc(Cl)cc(Cl)c3)C(F)(F)F)CC2)cc1F. The number of rotatable bonds is 10. The van der Waals surface area contributed by atoms with Gasteiger partial charge in [0, 0.05) is 16.1 Å². The summed E-state index contributed by atoms with van der Waals surface area (Å²) in [7, 11) is 0. The van der Waals surface area contributed by atoms with Crippen LogP contribution in [0.15, 0.2) is 30.3 Å². The molecule has 0 spiro atoms. The molecule has 5 rings (SSSR count). The van der Waals surface area contributed by atoms with Crippen LogP contribution in [0.4, 0.5) is 17.6 Å². The zero-order valence-corrected chi connectivity index (χ0v) is 23.5. The quantitative estimate of drug-likeness (QED) is 0.281. The average molecular weight is 617 g/mol. The molecule has 2 aliphatic carbocycles. The Morgan fingerprint density at radius 2 is 1.63 bits per heavy atom. The van der Waals surface area contributed by atoms with E-state index < -0.39 is 36.0 Å². The van der Waals surface area contributed by atoms with Crippen molar-refractivity contribution >= 4 is 35.1 Å². The van der Waals surface area contributed by atoms with Crippen LogP contribution in [-0.2, 0) is 4.79 Å². The molecule has 2 saturated carbocycles. The molecule has 2 aromatic carbocycles. The molecule has 2 atom stereocenters. The van der Waals surface area contributed by atoms with Crippen LogP contribution in [0.1, 0.15) is 72.0 Å². The molecule has 6 nitrogen and oxygen atoms in total. The summed E-state index contributed by atoms with van der Waals surface area (Å²) in [6, 6.07) is 3.67. The lowest BCUT2D eigenvalue weighted by Crippen LogP contribution is -2.44. The molecule has 2 aromatic rings. The molecule has 2 N–H and O–H groups in total. The van der Waals surface area contributed by atoms with Gasteiger partial charge in [0.1, 0.15) is 23.7 Å².